The summed E-state index contributed by atoms with van der Waals surface area (Å²) in [7, 11) is 0. The van der Waals surface area contributed by atoms with Crippen LogP contribution in [0.4, 0.5) is 0 Å². The number of fused-ring (bicyclic) bond motifs is 1. The third-order valence-corrected chi connectivity index (χ3v) is 2.50. The molecule has 0 saturated carbocycles. The Morgan fingerprint density at radius 3 is 3.06 bits per heavy atom. The fourth-order valence-electron chi connectivity index (χ4n) is 1.76. The summed E-state index contributed by atoms with van der Waals surface area (Å²) >= 11 is 0. The van der Waals surface area contributed by atoms with Crippen LogP contribution in [0.5, 0.6) is 0 Å². The van der Waals surface area contributed by atoms with Crippen LogP contribution in [0.2, 0.25) is 0 Å². The lowest BCUT2D eigenvalue weighted by atomic mass is 10.1. The van der Waals surface area contributed by atoms with Crippen LogP contribution in [0.3, 0.4) is 0 Å². The molecule has 0 saturated heterocycles. The summed E-state index contributed by atoms with van der Waals surface area (Å²) in [5.41, 5.74) is 1.99. The molecule has 1 atom stereocenters. The van der Waals surface area contributed by atoms with Crippen LogP contribution in [0.15, 0.2) is 18.5 Å². The van der Waals surface area contributed by atoms with Crippen LogP contribution >= 0.6 is 0 Å². The maximum absolute atomic E-state index is 11.7. The zero-order valence-electron chi connectivity index (χ0n) is 10.1. The molecule has 1 unspecified atom stereocenters. The normalized spacial score (nSPS) is 12.1. The summed E-state index contributed by atoms with van der Waals surface area (Å²) in [6.07, 6.45) is 1.39. The molecule has 0 N–H and O–H groups in total. The second-order valence-corrected chi connectivity index (χ2v) is 3.80. The highest BCUT2D eigenvalue weighted by atomic mass is 16.5. The van der Waals surface area contributed by atoms with Crippen molar-refractivity contribution in [3.8, 4) is 6.07 Å². The number of pyridine rings is 1. The summed E-state index contributed by atoms with van der Waals surface area (Å²) in [5, 5.41) is 13.2. The molecule has 6 heteroatoms. The number of nitrogens with zero attached hydrogens (tertiary/aromatic N) is 4. The fraction of sp³-hybridized carbons (Fsp3) is 0.333. The minimum Gasteiger partial charge on any atom is -0.465 e. The van der Waals surface area contributed by atoms with E-state index in [0.717, 1.165) is 5.56 Å². The van der Waals surface area contributed by atoms with Crippen molar-refractivity contribution >= 4 is 11.6 Å². The van der Waals surface area contributed by atoms with Crippen LogP contribution in [-0.4, -0.2) is 27.2 Å². The monoisotopic (exact) mass is 244 g/mol. The molecule has 2 heterocycles. The molecule has 0 bridgehead atoms. The Morgan fingerprint density at radius 1 is 1.61 bits per heavy atom. The predicted octanol–water partition coefficient (Wildman–Crippen LogP) is 1.21. The van der Waals surface area contributed by atoms with Gasteiger partial charge in [-0.2, -0.15) is 10.4 Å². The van der Waals surface area contributed by atoms with Crippen molar-refractivity contribution in [1.82, 2.24) is 14.6 Å². The number of esters is 1. The summed E-state index contributed by atoms with van der Waals surface area (Å²) in [6, 6.07) is 5.52. The zero-order chi connectivity index (χ0) is 13.1. The Bertz CT molecular complexity index is 627. The van der Waals surface area contributed by atoms with Gasteiger partial charge in [0, 0.05) is 0 Å². The Hall–Kier alpha value is -2.42. The van der Waals surface area contributed by atoms with Gasteiger partial charge in [0.25, 0.3) is 0 Å². The molecule has 0 aliphatic heterocycles. The smallest absolute Gasteiger partial charge is 0.329 e. The Labute approximate surface area is 104 Å². The molecule has 0 amide bonds. The van der Waals surface area contributed by atoms with E-state index in [1.54, 1.807) is 13.0 Å². The van der Waals surface area contributed by atoms with Gasteiger partial charge >= 0.3 is 5.97 Å². The van der Waals surface area contributed by atoms with Gasteiger partial charge in [-0.15, -0.1) is 0 Å². The molecule has 6 nitrogen and oxygen atoms in total. The largest absolute Gasteiger partial charge is 0.465 e. The molecule has 2 aromatic rings. The lowest BCUT2D eigenvalue weighted by Crippen LogP contribution is -2.17. The van der Waals surface area contributed by atoms with Gasteiger partial charge in [-0.25, -0.2) is 9.50 Å². The molecule has 18 heavy (non-hydrogen) atoms. The van der Waals surface area contributed by atoms with Gasteiger partial charge in [0.1, 0.15) is 6.33 Å². The number of carbonyl (C=O) groups is 1. The quantitative estimate of drug-likeness (QED) is 0.758. The first-order valence-electron chi connectivity index (χ1n) is 5.54. The molecule has 0 spiro atoms. The van der Waals surface area contributed by atoms with Crippen LogP contribution in [0, 0.1) is 18.3 Å². The van der Waals surface area contributed by atoms with Crippen LogP contribution in [0.1, 0.15) is 24.1 Å². The van der Waals surface area contributed by atoms with Crippen molar-refractivity contribution in [2.75, 3.05) is 6.61 Å². The standard InChI is InChI=1S/C12H12N4O2/c1-3-18-12(17)9(6-13)10-4-8(2)5-11-14-7-15-16(10)11/h4-5,7,9H,3H2,1-2H3. The lowest BCUT2D eigenvalue weighted by molar-refractivity contribution is -0.143. The van der Waals surface area contributed by atoms with E-state index >= 15 is 0 Å². The van der Waals surface area contributed by atoms with Crippen molar-refractivity contribution in [2.24, 2.45) is 0 Å². The van der Waals surface area contributed by atoms with Crippen molar-refractivity contribution in [2.45, 2.75) is 19.8 Å². The van der Waals surface area contributed by atoms with Crippen molar-refractivity contribution in [1.29, 1.82) is 5.26 Å². The number of ether oxygens (including phenoxy) is 1. The fourth-order valence-corrected chi connectivity index (χ4v) is 1.76. The van der Waals surface area contributed by atoms with Gasteiger partial charge < -0.3 is 4.74 Å². The highest BCUT2D eigenvalue weighted by molar-refractivity contribution is 5.81. The van der Waals surface area contributed by atoms with E-state index in [1.165, 1.54) is 10.8 Å². The zero-order valence-corrected chi connectivity index (χ0v) is 10.1. The van der Waals surface area contributed by atoms with E-state index in [0.29, 0.717) is 11.3 Å². The second kappa shape index (κ2) is 4.84. The molecule has 0 aromatic carbocycles. The Morgan fingerprint density at radius 2 is 2.39 bits per heavy atom. The number of rotatable bonds is 3. The average molecular weight is 244 g/mol. The third-order valence-electron chi connectivity index (χ3n) is 2.50. The summed E-state index contributed by atoms with van der Waals surface area (Å²) < 4.78 is 6.38. The maximum atomic E-state index is 11.7. The predicted molar refractivity (Wildman–Crippen MR) is 62.7 cm³/mol. The van der Waals surface area contributed by atoms with E-state index < -0.39 is 11.9 Å². The van der Waals surface area contributed by atoms with Gasteiger partial charge in [0.05, 0.1) is 18.4 Å². The van der Waals surface area contributed by atoms with E-state index in [2.05, 4.69) is 10.1 Å². The molecule has 92 valence electrons. The first kappa shape index (κ1) is 12.0. The topological polar surface area (TPSA) is 80.3 Å². The number of nitriles is 1. The maximum Gasteiger partial charge on any atom is 0.329 e. The van der Waals surface area contributed by atoms with Crippen LogP contribution in [0.25, 0.3) is 5.65 Å². The molecule has 2 rings (SSSR count). The highest BCUT2D eigenvalue weighted by Crippen LogP contribution is 2.19. The number of aromatic nitrogens is 3. The summed E-state index contributed by atoms with van der Waals surface area (Å²) in [4.78, 5) is 15.8. The van der Waals surface area contributed by atoms with E-state index in [1.807, 2.05) is 19.1 Å². The van der Waals surface area contributed by atoms with Crippen molar-refractivity contribution in [3.63, 3.8) is 0 Å². The Kier molecular flexibility index (Phi) is 3.24. The number of aryl methyl sites for hydroxylation is 1. The van der Waals surface area contributed by atoms with E-state index in [9.17, 15) is 4.79 Å². The lowest BCUT2D eigenvalue weighted by Gasteiger charge is -2.10. The molecular weight excluding hydrogens is 232 g/mol. The van der Waals surface area contributed by atoms with E-state index in [4.69, 9.17) is 10.00 Å². The van der Waals surface area contributed by atoms with E-state index in [-0.39, 0.29) is 6.61 Å². The number of carbonyl (C=O) groups excluding carboxylic acids is 1. The van der Waals surface area contributed by atoms with Gasteiger partial charge in [-0.05, 0) is 31.5 Å². The molecular formula is C12H12N4O2. The molecule has 0 aliphatic rings. The van der Waals surface area contributed by atoms with Gasteiger partial charge in [-0.1, -0.05) is 0 Å². The molecule has 0 fully saturated rings. The summed E-state index contributed by atoms with van der Waals surface area (Å²) in [6.45, 7) is 3.81. The molecule has 0 radical (unpaired) electrons. The first-order valence-corrected chi connectivity index (χ1v) is 5.54. The minimum absolute atomic E-state index is 0.239. The van der Waals surface area contributed by atoms with Gasteiger partial charge in [0.15, 0.2) is 11.6 Å². The average Bonchev–Trinajstić information content (AvgIpc) is 2.78. The van der Waals surface area contributed by atoms with Crippen LogP contribution < -0.4 is 0 Å². The van der Waals surface area contributed by atoms with Gasteiger partial charge in [0.2, 0.25) is 0 Å². The number of hydrogen-bond donors (Lipinski definition) is 0. The summed E-state index contributed by atoms with van der Waals surface area (Å²) in [5.74, 6) is -1.56. The molecule has 0 aliphatic carbocycles. The highest BCUT2D eigenvalue weighted by Gasteiger charge is 2.25. The van der Waals surface area contributed by atoms with Crippen LogP contribution in [-0.2, 0) is 9.53 Å². The Balaban J connectivity index is 2.54. The number of hydrogen-bond acceptors (Lipinski definition) is 5. The minimum atomic E-state index is -0.992. The SMILES string of the molecule is CCOC(=O)C(C#N)c1cc(C)cc2ncnn12. The van der Waals surface area contributed by atoms with Crippen molar-refractivity contribution < 1.29 is 9.53 Å². The van der Waals surface area contributed by atoms with Gasteiger partial charge in [-0.3, -0.25) is 4.79 Å². The van der Waals surface area contributed by atoms with Crippen molar-refractivity contribution in [3.05, 3.63) is 29.7 Å². The first-order chi connectivity index (χ1) is 8.67. The second-order valence-electron chi connectivity index (χ2n) is 3.80. The third kappa shape index (κ3) is 2.02. The molecule has 2 aromatic heterocycles.